The highest BCUT2D eigenvalue weighted by molar-refractivity contribution is 5.85. The molecule has 0 aliphatic carbocycles. The third-order valence-electron chi connectivity index (χ3n) is 2.69. The molecule has 1 aromatic carbocycles. The van der Waals surface area contributed by atoms with Gasteiger partial charge in [-0.3, -0.25) is 4.79 Å². The average molecular weight is 303 g/mol. The van der Waals surface area contributed by atoms with E-state index in [4.69, 9.17) is 15.2 Å². The number of hydrogen-bond acceptors (Lipinski definition) is 4. The first kappa shape index (κ1) is 18.7. The molecule has 5 nitrogen and oxygen atoms in total. The van der Waals surface area contributed by atoms with E-state index < -0.39 is 6.04 Å². The van der Waals surface area contributed by atoms with E-state index in [-0.39, 0.29) is 24.9 Å². The lowest BCUT2D eigenvalue weighted by atomic mass is 10.2. The zero-order valence-corrected chi connectivity index (χ0v) is 13.0. The fraction of sp³-hybridized carbons (Fsp3) is 0.500. The first-order chi connectivity index (χ1) is 9.08. The van der Waals surface area contributed by atoms with Crippen LogP contribution in [0.2, 0.25) is 0 Å². The number of methoxy groups -OCH3 is 1. The van der Waals surface area contributed by atoms with E-state index in [1.165, 1.54) is 7.11 Å². The number of likely N-dealkylation sites (N-methyl/N-ethyl adjacent to an activating group) is 1. The van der Waals surface area contributed by atoms with Gasteiger partial charge in [-0.25, -0.2) is 0 Å². The number of halogens is 1. The van der Waals surface area contributed by atoms with Gasteiger partial charge in [0.25, 0.3) is 0 Å². The van der Waals surface area contributed by atoms with E-state index in [2.05, 4.69) is 0 Å². The Morgan fingerprint density at radius 3 is 2.45 bits per heavy atom. The lowest BCUT2D eigenvalue weighted by Crippen LogP contribution is -2.44. The van der Waals surface area contributed by atoms with Gasteiger partial charge in [-0.05, 0) is 24.6 Å². The fourth-order valence-electron chi connectivity index (χ4n) is 1.74. The molecule has 0 bridgehead atoms. The van der Waals surface area contributed by atoms with Crippen LogP contribution in [0, 0.1) is 0 Å². The van der Waals surface area contributed by atoms with Crippen LogP contribution < -0.4 is 10.5 Å². The van der Waals surface area contributed by atoms with Crippen molar-refractivity contribution in [3.8, 4) is 5.75 Å². The molecule has 0 radical (unpaired) electrons. The van der Waals surface area contributed by atoms with Crippen LogP contribution in [0.25, 0.3) is 0 Å². The molecule has 0 saturated heterocycles. The third-order valence-corrected chi connectivity index (χ3v) is 2.69. The first-order valence-electron chi connectivity index (χ1n) is 6.29. The zero-order chi connectivity index (χ0) is 14.3. The van der Waals surface area contributed by atoms with Crippen LogP contribution in [0.4, 0.5) is 0 Å². The molecule has 1 unspecified atom stereocenters. The van der Waals surface area contributed by atoms with Gasteiger partial charge >= 0.3 is 0 Å². The normalized spacial score (nSPS) is 11.4. The summed E-state index contributed by atoms with van der Waals surface area (Å²) < 4.78 is 10.2. The van der Waals surface area contributed by atoms with Crippen LogP contribution in [0.15, 0.2) is 24.3 Å². The van der Waals surface area contributed by atoms with Crippen molar-refractivity contribution in [1.82, 2.24) is 4.90 Å². The van der Waals surface area contributed by atoms with E-state index in [1.807, 2.05) is 31.2 Å². The molecule has 20 heavy (non-hydrogen) atoms. The molecule has 1 atom stereocenters. The molecule has 0 aromatic heterocycles. The Hall–Kier alpha value is -1.30. The van der Waals surface area contributed by atoms with Crippen LogP contribution in [-0.2, 0) is 16.1 Å². The largest absolute Gasteiger partial charge is 0.494 e. The van der Waals surface area contributed by atoms with Gasteiger partial charge in [0.05, 0.1) is 13.2 Å². The molecule has 114 valence electrons. The van der Waals surface area contributed by atoms with Crippen LogP contribution in [-0.4, -0.2) is 44.2 Å². The van der Waals surface area contributed by atoms with Gasteiger partial charge < -0.3 is 20.1 Å². The Bertz CT molecular complexity index is 398. The Morgan fingerprint density at radius 1 is 1.35 bits per heavy atom. The molecule has 1 aromatic rings. The van der Waals surface area contributed by atoms with Gasteiger partial charge in [0.1, 0.15) is 11.8 Å². The van der Waals surface area contributed by atoms with Crippen molar-refractivity contribution in [1.29, 1.82) is 0 Å². The quantitative estimate of drug-likeness (QED) is 0.828. The highest BCUT2D eigenvalue weighted by Gasteiger charge is 2.17. The highest BCUT2D eigenvalue weighted by atomic mass is 35.5. The number of amides is 1. The number of benzene rings is 1. The molecule has 6 heteroatoms. The number of carbonyl (C=O) groups is 1. The number of nitrogens with zero attached hydrogens (tertiary/aromatic N) is 1. The smallest absolute Gasteiger partial charge is 0.241 e. The number of ether oxygens (including phenoxy) is 2. The van der Waals surface area contributed by atoms with Crippen molar-refractivity contribution in [2.45, 2.75) is 19.5 Å². The Labute approximate surface area is 126 Å². The molecular weight excluding hydrogens is 280 g/mol. The number of nitrogens with two attached hydrogens (primary N) is 1. The van der Waals surface area contributed by atoms with Crippen molar-refractivity contribution < 1.29 is 14.3 Å². The monoisotopic (exact) mass is 302 g/mol. The highest BCUT2D eigenvalue weighted by Crippen LogP contribution is 2.13. The third kappa shape index (κ3) is 5.77. The maximum atomic E-state index is 11.9. The summed E-state index contributed by atoms with van der Waals surface area (Å²) in [5, 5.41) is 0. The lowest BCUT2D eigenvalue weighted by Gasteiger charge is -2.21. The molecule has 0 aliphatic heterocycles. The molecular formula is C14H23ClN2O3. The lowest BCUT2D eigenvalue weighted by molar-refractivity contribution is -0.132. The summed E-state index contributed by atoms with van der Waals surface area (Å²) in [5.41, 5.74) is 6.74. The predicted molar refractivity (Wildman–Crippen MR) is 81.2 cm³/mol. The standard InChI is InChI=1S/C14H22N2O3.ClH/c1-4-19-12-7-5-11(6-8-12)9-16(2)14(17)13(15)10-18-3;/h5-8,13H,4,9-10,15H2,1-3H3;1H. The second kappa shape index (κ2) is 9.58. The molecule has 2 N–H and O–H groups in total. The molecule has 0 fully saturated rings. The SMILES string of the molecule is CCOc1ccc(CN(C)C(=O)C(N)COC)cc1.Cl. The van der Waals surface area contributed by atoms with Crippen molar-refractivity contribution in [2.75, 3.05) is 27.4 Å². The van der Waals surface area contributed by atoms with E-state index >= 15 is 0 Å². The first-order valence-corrected chi connectivity index (χ1v) is 6.29. The maximum absolute atomic E-state index is 11.9. The fourth-order valence-corrected chi connectivity index (χ4v) is 1.74. The van der Waals surface area contributed by atoms with Crippen molar-refractivity contribution in [3.05, 3.63) is 29.8 Å². The summed E-state index contributed by atoms with van der Waals surface area (Å²) in [4.78, 5) is 13.5. The molecule has 0 aliphatic rings. The number of hydrogen-bond donors (Lipinski definition) is 1. The molecule has 1 amide bonds. The molecule has 1 rings (SSSR count). The second-order valence-electron chi connectivity index (χ2n) is 4.33. The van der Waals surface area contributed by atoms with E-state index in [9.17, 15) is 4.79 Å². The number of carbonyl (C=O) groups excluding carboxylic acids is 1. The Kier molecular flexibility index (Phi) is 8.96. The van der Waals surface area contributed by atoms with Crippen LogP contribution in [0.5, 0.6) is 5.75 Å². The second-order valence-corrected chi connectivity index (χ2v) is 4.33. The minimum atomic E-state index is -0.613. The predicted octanol–water partition coefficient (Wildman–Crippen LogP) is 1.44. The number of rotatable bonds is 7. The van der Waals surface area contributed by atoms with Gasteiger partial charge in [0.15, 0.2) is 0 Å². The van der Waals surface area contributed by atoms with Crippen LogP contribution >= 0.6 is 12.4 Å². The summed E-state index contributed by atoms with van der Waals surface area (Å²) >= 11 is 0. The Morgan fingerprint density at radius 2 is 1.95 bits per heavy atom. The van der Waals surface area contributed by atoms with E-state index in [0.717, 1.165) is 11.3 Å². The van der Waals surface area contributed by atoms with Crippen molar-refractivity contribution in [2.24, 2.45) is 5.73 Å². The molecule has 0 heterocycles. The van der Waals surface area contributed by atoms with Crippen molar-refractivity contribution >= 4 is 18.3 Å². The van der Waals surface area contributed by atoms with E-state index in [1.54, 1.807) is 11.9 Å². The average Bonchev–Trinajstić information content (AvgIpc) is 2.40. The topological polar surface area (TPSA) is 64.8 Å². The summed E-state index contributed by atoms with van der Waals surface area (Å²) in [6.45, 7) is 3.33. The van der Waals surface area contributed by atoms with Crippen LogP contribution in [0.1, 0.15) is 12.5 Å². The molecule has 0 spiro atoms. The van der Waals surface area contributed by atoms with Gasteiger partial charge in [0, 0.05) is 20.7 Å². The zero-order valence-electron chi connectivity index (χ0n) is 12.2. The minimum Gasteiger partial charge on any atom is -0.494 e. The summed E-state index contributed by atoms with van der Waals surface area (Å²) in [6.07, 6.45) is 0. The van der Waals surface area contributed by atoms with Gasteiger partial charge in [-0.2, -0.15) is 0 Å². The van der Waals surface area contributed by atoms with Crippen molar-refractivity contribution in [3.63, 3.8) is 0 Å². The summed E-state index contributed by atoms with van der Waals surface area (Å²) in [6, 6.07) is 7.06. The van der Waals surface area contributed by atoms with Gasteiger partial charge in [-0.15, -0.1) is 12.4 Å². The minimum absolute atomic E-state index is 0. The summed E-state index contributed by atoms with van der Waals surface area (Å²) in [7, 11) is 3.26. The summed E-state index contributed by atoms with van der Waals surface area (Å²) in [5.74, 6) is 0.701. The maximum Gasteiger partial charge on any atom is 0.241 e. The van der Waals surface area contributed by atoms with Gasteiger partial charge in [-0.1, -0.05) is 12.1 Å². The molecule has 0 saturated carbocycles. The van der Waals surface area contributed by atoms with Crippen LogP contribution in [0.3, 0.4) is 0 Å². The van der Waals surface area contributed by atoms with E-state index in [0.29, 0.717) is 13.2 Å². The Balaban J connectivity index is 0.00000361. The van der Waals surface area contributed by atoms with Gasteiger partial charge in [0.2, 0.25) is 5.91 Å².